The van der Waals surface area contributed by atoms with Gasteiger partial charge in [-0.1, -0.05) is 0 Å². The zero-order valence-electron chi connectivity index (χ0n) is 8.22. The van der Waals surface area contributed by atoms with Gasteiger partial charge >= 0.3 is 0 Å². The van der Waals surface area contributed by atoms with E-state index in [0.717, 1.165) is 25.2 Å². The Labute approximate surface area is 78.6 Å². The molecule has 0 saturated carbocycles. The molecule has 2 rings (SSSR count). The molecule has 0 amide bonds. The molecule has 0 bridgehead atoms. The maximum absolute atomic E-state index is 4.46. The van der Waals surface area contributed by atoms with Gasteiger partial charge in [-0.15, -0.1) is 0 Å². The Balaban J connectivity index is 2.43. The second-order valence-electron chi connectivity index (χ2n) is 3.53. The number of hydrogen-bond acceptors (Lipinski definition) is 3. The normalized spacial score (nSPS) is 14.6. The first-order chi connectivity index (χ1) is 6.31. The Hall–Kier alpha value is -0.960. The summed E-state index contributed by atoms with van der Waals surface area (Å²) in [7, 11) is 1.96. The molecule has 1 heterocycles. The van der Waals surface area contributed by atoms with Crippen LogP contribution in [0.15, 0.2) is 0 Å². The summed E-state index contributed by atoms with van der Waals surface area (Å²) in [5, 5.41) is 3.15. The molecule has 70 valence electrons. The van der Waals surface area contributed by atoms with Gasteiger partial charge in [0.25, 0.3) is 0 Å². The zero-order chi connectivity index (χ0) is 9.26. The summed E-state index contributed by atoms with van der Waals surface area (Å²) in [5.41, 5.74) is 3.86. The lowest BCUT2D eigenvalue weighted by Gasteiger charge is -2.07. The predicted octanol–water partition coefficient (Wildman–Crippen LogP) is 0.993. The number of aryl methyl sites for hydroxylation is 2. The van der Waals surface area contributed by atoms with Gasteiger partial charge in [0.15, 0.2) is 0 Å². The Morgan fingerprint density at radius 2 is 2.15 bits per heavy atom. The van der Waals surface area contributed by atoms with Crippen molar-refractivity contribution in [2.24, 2.45) is 0 Å². The van der Waals surface area contributed by atoms with Crippen LogP contribution in [-0.2, 0) is 19.4 Å². The molecule has 1 N–H and O–H groups in total. The molecule has 13 heavy (non-hydrogen) atoms. The van der Waals surface area contributed by atoms with E-state index < -0.39 is 0 Å². The topological polar surface area (TPSA) is 37.8 Å². The summed E-state index contributed by atoms with van der Waals surface area (Å²) in [4.78, 5) is 8.92. The van der Waals surface area contributed by atoms with Crippen molar-refractivity contribution in [1.29, 1.82) is 0 Å². The summed E-state index contributed by atoms with van der Waals surface area (Å²) >= 11 is 0. The quantitative estimate of drug-likeness (QED) is 0.732. The molecule has 3 heteroatoms. The van der Waals surface area contributed by atoms with Crippen molar-refractivity contribution in [3.05, 3.63) is 22.8 Å². The van der Waals surface area contributed by atoms with Crippen molar-refractivity contribution in [3.63, 3.8) is 0 Å². The smallest absolute Gasteiger partial charge is 0.125 e. The molecule has 0 aromatic carbocycles. The maximum atomic E-state index is 4.46. The molecule has 0 unspecified atom stereocenters. The molecule has 1 aliphatic rings. The molecule has 0 fully saturated rings. The van der Waals surface area contributed by atoms with Gasteiger partial charge in [0, 0.05) is 12.2 Å². The molecule has 0 aliphatic heterocycles. The third kappa shape index (κ3) is 1.56. The van der Waals surface area contributed by atoms with Crippen molar-refractivity contribution >= 4 is 0 Å². The summed E-state index contributed by atoms with van der Waals surface area (Å²) in [5.74, 6) is 0.908. The highest BCUT2D eigenvalue weighted by atomic mass is 14.9. The highest BCUT2D eigenvalue weighted by molar-refractivity contribution is 5.29. The first kappa shape index (κ1) is 8.63. The van der Waals surface area contributed by atoms with Gasteiger partial charge in [0.1, 0.15) is 5.82 Å². The molecular weight excluding hydrogens is 162 g/mol. The average molecular weight is 177 g/mol. The van der Waals surface area contributed by atoms with E-state index in [0.29, 0.717) is 0 Å². The van der Waals surface area contributed by atoms with Crippen molar-refractivity contribution in [1.82, 2.24) is 15.3 Å². The van der Waals surface area contributed by atoms with Gasteiger partial charge in [-0.05, 0) is 38.8 Å². The first-order valence-corrected chi connectivity index (χ1v) is 4.81. The number of rotatable bonds is 2. The van der Waals surface area contributed by atoms with Gasteiger partial charge in [-0.2, -0.15) is 0 Å². The third-order valence-electron chi connectivity index (χ3n) is 2.47. The van der Waals surface area contributed by atoms with Crippen LogP contribution >= 0.6 is 0 Å². The second-order valence-corrected chi connectivity index (χ2v) is 3.53. The van der Waals surface area contributed by atoms with Crippen LogP contribution in [0, 0.1) is 6.92 Å². The van der Waals surface area contributed by atoms with Crippen molar-refractivity contribution in [2.75, 3.05) is 7.05 Å². The van der Waals surface area contributed by atoms with Crippen LogP contribution in [-0.4, -0.2) is 17.0 Å². The van der Waals surface area contributed by atoms with E-state index in [4.69, 9.17) is 0 Å². The second kappa shape index (κ2) is 3.42. The van der Waals surface area contributed by atoms with E-state index in [1.807, 2.05) is 14.0 Å². The molecule has 1 aromatic rings. The van der Waals surface area contributed by atoms with Crippen LogP contribution in [0.4, 0.5) is 0 Å². The molecule has 3 nitrogen and oxygen atoms in total. The Morgan fingerprint density at radius 3 is 2.92 bits per heavy atom. The summed E-state index contributed by atoms with van der Waals surface area (Å²) in [6.45, 7) is 2.84. The molecule has 1 aromatic heterocycles. The minimum atomic E-state index is 0.867. The van der Waals surface area contributed by atoms with Gasteiger partial charge in [-0.25, -0.2) is 9.97 Å². The first-order valence-electron chi connectivity index (χ1n) is 4.81. The number of hydrogen-bond donors (Lipinski definition) is 1. The van der Waals surface area contributed by atoms with Gasteiger partial charge < -0.3 is 5.32 Å². The number of nitrogens with zero attached hydrogens (tertiary/aromatic N) is 2. The highest BCUT2D eigenvalue weighted by Crippen LogP contribution is 2.22. The van der Waals surface area contributed by atoms with E-state index in [-0.39, 0.29) is 0 Å². The molecule has 0 saturated heterocycles. The van der Waals surface area contributed by atoms with E-state index in [1.165, 1.54) is 23.4 Å². The van der Waals surface area contributed by atoms with E-state index in [9.17, 15) is 0 Å². The lowest BCUT2D eigenvalue weighted by molar-refractivity contribution is 0.763. The van der Waals surface area contributed by atoms with Crippen LogP contribution < -0.4 is 5.32 Å². The largest absolute Gasteiger partial charge is 0.314 e. The van der Waals surface area contributed by atoms with Gasteiger partial charge in [0.2, 0.25) is 0 Å². The lowest BCUT2D eigenvalue weighted by atomic mass is 10.2. The number of aromatic nitrogens is 2. The van der Waals surface area contributed by atoms with E-state index in [2.05, 4.69) is 15.3 Å². The van der Waals surface area contributed by atoms with E-state index in [1.54, 1.807) is 0 Å². The Bertz CT molecular complexity index is 320. The summed E-state index contributed by atoms with van der Waals surface area (Å²) in [6, 6.07) is 0. The predicted molar refractivity (Wildman–Crippen MR) is 51.6 cm³/mol. The Kier molecular flexibility index (Phi) is 2.27. The Morgan fingerprint density at radius 1 is 1.31 bits per heavy atom. The van der Waals surface area contributed by atoms with Crippen molar-refractivity contribution in [2.45, 2.75) is 32.7 Å². The van der Waals surface area contributed by atoms with Gasteiger partial charge in [-0.3, -0.25) is 0 Å². The fourth-order valence-electron chi connectivity index (χ4n) is 1.96. The average Bonchev–Trinajstić information content (AvgIpc) is 2.52. The summed E-state index contributed by atoms with van der Waals surface area (Å²) < 4.78 is 0. The fraction of sp³-hybridized carbons (Fsp3) is 0.600. The molecular formula is C10H15N3. The van der Waals surface area contributed by atoms with Crippen molar-refractivity contribution < 1.29 is 0 Å². The lowest BCUT2D eigenvalue weighted by Crippen LogP contribution is -2.11. The molecule has 0 atom stereocenters. The third-order valence-corrected chi connectivity index (χ3v) is 2.47. The zero-order valence-corrected chi connectivity index (χ0v) is 8.22. The van der Waals surface area contributed by atoms with Crippen molar-refractivity contribution in [3.8, 4) is 0 Å². The van der Waals surface area contributed by atoms with Crippen LogP contribution in [0.1, 0.15) is 29.2 Å². The molecule has 0 radical (unpaired) electrons. The van der Waals surface area contributed by atoms with Crippen LogP contribution in [0.25, 0.3) is 0 Å². The SMILES string of the molecule is CNCc1nc(C)nc2c1CCC2. The maximum Gasteiger partial charge on any atom is 0.125 e. The number of nitrogens with one attached hydrogen (secondary N) is 1. The molecule has 1 aliphatic carbocycles. The van der Waals surface area contributed by atoms with Crippen LogP contribution in [0.5, 0.6) is 0 Å². The minimum absolute atomic E-state index is 0.867. The fourth-order valence-corrected chi connectivity index (χ4v) is 1.96. The summed E-state index contributed by atoms with van der Waals surface area (Å²) in [6.07, 6.45) is 3.53. The van der Waals surface area contributed by atoms with E-state index >= 15 is 0 Å². The highest BCUT2D eigenvalue weighted by Gasteiger charge is 2.17. The minimum Gasteiger partial charge on any atom is -0.314 e. The standard InChI is InChI=1S/C10H15N3/c1-7-12-9-5-3-4-8(9)10(13-7)6-11-2/h11H,3-6H2,1-2H3. The monoisotopic (exact) mass is 177 g/mol. The van der Waals surface area contributed by atoms with Gasteiger partial charge in [0.05, 0.1) is 5.69 Å². The van der Waals surface area contributed by atoms with Crippen LogP contribution in [0.3, 0.4) is 0 Å². The number of fused-ring (bicyclic) bond motifs is 1. The van der Waals surface area contributed by atoms with Crippen LogP contribution in [0.2, 0.25) is 0 Å². The molecule has 0 spiro atoms.